The Hall–Kier alpha value is -0.830. The second-order valence-electron chi connectivity index (χ2n) is 5.47. The molecule has 0 bridgehead atoms. The number of unbranched alkanes of at least 4 members (excludes halogenated alkanes) is 5. The van der Waals surface area contributed by atoms with Gasteiger partial charge in [0.15, 0.2) is 0 Å². The number of nitrogens with zero attached hydrogens (tertiary/aromatic N) is 2. The molecular weight excluding hydrogens is 222 g/mol. The summed E-state index contributed by atoms with van der Waals surface area (Å²) in [6.45, 7) is 5.71. The minimum atomic E-state index is 0.688. The van der Waals surface area contributed by atoms with E-state index in [0.717, 1.165) is 19.6 Å². The van der Waals surface area contributed by atoms with Gasteiger partial charge in [-0.3, -0.25) is 0 Å². The van der Waals surface area contributed by atoms with Crippen LogP contribution in [0.5, 0.6) is 0 Å². The van der Waals surface area contributed by atoms with Crippen LogP contribution in [0.1, 0.15) is 63.5 Å². The summed E-state index contributed by atoms with van der Waals surface area (Å²) in [7, 11) is 0. The Morgan fingerprint density at radius 1 is 1.28 bits per heavy atom. The average Bonchev–Trinajstić information content (AvgIpc) is 3.03. The van der Waals surface area contributed by atoms with Crippen LogP contribution in [0.2, 0.25) is 0 Å². The molecule has 1 atom stereocenters. The van der Waals surface area contributed by atoms with Crippen molar-refractivity contribution in [3.8, 4) is 0 Å². The Balaban J connectivity index is 1.70. The van der Waals surface area contributed by atoms with Gasteiger partial charge in [0.05, 0.1) is 6.33 Å². The molecule has 0 aliphatic carbocycles. The van der Waals surface area contributed by atoms with E-state index >= 15 is 0 Å². The van der Waals surface area contributed by atoms with Crippen molar-refractivity contribution >= 4 is 0 Å². The second-order valence-corrected chi connectivity index (χ2v) is 5.47. The molecule has 1 aliphatic rings. The molecule has 1 unspecified atom stereocenters. The molecule has 1 aromatic heterocycles. The zero-order chi connectivity index (χ0) is 12.6. The van der Waals surface area contributed by atoms with E-state index in [4.69, 9.17) is 0 Å². The van der Waals surface area contributed by atoms with E-state index in [2.05, 4.69) is 28.0 Å². The zero-order valence-electron chi connectivity index (χ0n) is 11.7. The van der Waals surface area contributed by atoms with Crippen molar-refractivity contribution in [2.75, 3.05) is 13.1 Å². The quantitative estimate of drug-likeness (QED) is 0.716. The van der Waals surface area contributed by atoms with Crippen LogP contribution in [-0.4, -0.2) is 22.6 Å². The fraction of sp³-hybridized carbons (Fsp3) is 0.800. The van der Waals surface area contributed by atoms with Crippen molar-refractivity contribution in [1.29, 1.82) is 0 Å². The second kappa shape index (κ2) is 7.57. The summed E-state index contributed by atoms with van der Waals surface area (Å²) in [5.41, 5.74) is 1.44. The number of hydrogen-bond acceptors (Lipinski definition) is 2. The summed E-state index contributed by atoms with van der Waals surface area (Å²) in [5, 5.41) is 3.44. The van der Waals surface area contributed by atoms with E-state index in [1.807, 2.05) is 6.33 Å². The lowest BCUT2D eigenvalue weighted by molar-refractivity contribution is 0.536. The lowest BCUT2D eigenvalue weighted by Crippen LogP contribution is -2.11. The van der Waals surface area contributed by atoms with Gasteiger partial charge in [-0.05, 0) is 19.4 Å². The van der Waals surface area contributed by atoms with Crippen LogP contribution in [-0.2, 0) is 6.54 Å². The van der Waals surface area contributed by atoms with Crippen molar-refractivity contribution in [2.45, 2.75) is 64.3 Å². The van der Waals surface area contributed by atoms with E-state index in [1.165, 1.54) is 50.6 Å². The van der Waals surface area contributed by atoms with E-state index in [-0.39, 0.29) is 0 Å². The van der Waals surface area contributed by atoms with Crippen molar-refractivity contribution in [2.24, 2.45) is 0 Å². The minimum Gasteiger partial charge on any atom is -0.334 e. The lowest BCUT2D eigenvalue weighted by Gasteiger charge is -2.12. The van der Waals surface area contributed by atoms with Crippen molar-refractivity contribution in [3.63, 3.8) is 0 Å². The molecule has 1 fully saturated rings. The van der Waals surface area contributed by atoms with Crippen LogP contribution in [0.25, 0.3) is 0 Å². The third-order valence-electron chi connectivity index (χ3n) is 3.98. The minimum absolute atomic E-state index is 0.688. The highest BCUT2D eigenvalue weighted by Crippen LogP contribution is 2.22. The van der Waals surface area contributed by atoms with Gasteiger partial charge in [0.1, 0.15) is 0 Å². The maximum atomic E-state index is 4.33. The number of nitrogens with one attached hydrogen (secondary N) is 1. The maximum absolute atomic E-state index is 4.33. The molecule has 1 saturated heterocycles. The Kier molecular flexibility index (Phi) is 5.72. The van der Waals surface area contributed by atoms with Crippen LogP contribution in [0, 0.1) is 0 Å². The standard InChI is InChI=1S/C15H27N3/c1-2-3-4-5-6-7-10-18-13-17-12-15(18)14-8-9-16-11-14/h12-14,16H,2-11H2,1H3. The molecule has 18 heavy (non-hydrogen) atoms. The lowest BCUT2D eigenvalue weighted by atomic mass is 10.1. The normalized spacial score (nSPS) is 19.5. The highest BCUT2D eigenvalue weighted by atomic mass is 15.1. The van der Waals surface area contributed by atoms with Crippen LogP contribution in [0.4, 0.5) is 0 Å². The first-order chi connectivity index (χ1) is 8.92. The molecule has 2 heterocycles. The first-order valence-electron chi connectivity index (χ1n) is 7.62. The summed E-state index contributed by atoms with van der Waals surface area (Å²) < 4.78 is 2.37. The summed E-state index contributed by atoms with van der Waals surface area (Å²) in [5.74, 6) is 0.688. The molecule has 0 amide bonds. The Labute approximate surface area is 111 Å². The first kappa shape index (κ1) is 13.6. The van der Waals surface area contributed by atoms with Crippen LogP contribution in [0.3, 0.4) is 0 Å². The highest BCUT2D eigenvalue weighted by Gasteiger charge is 2.19. The van der Waals surface area contributed by atoms with Crippen LogP contribution < -0.4 is 5.32 Å². The predicted octanol–water partition coefficient (Wildman–Crippen LogP) is 3.32. The summed E-state index contributed by atoms with van der Waals surface area (Å²) in [6.07, 6.45) is 13.5. The van der Waals surface area contributed by atoms with Crippen molar-refractivity contribution in [3.05, 3.63) is 18.2 Å². The Bertz CT molecular complexity index is 326. The number of aromatic nitrogens is 2. The number of imidazole rings is 1. The molecule has 3 heteroatoms. The SMILES string of the molecule is CCCCCCCCn1cncc1C1CCNC1. The molecule has 2 rings (SSSR count). The van der Waals surface area contributed by atoms with E-state index in [9.17, 15) is 0 Å². The van der Waals surface area contributed by atoms with Crippen LogP contribution in [0.15, 0.2) is 12.5 Å². The van der Waals surface area contributed by atoms with Gasteiger partial charge in [-0.15, -0.1) is 0 Å². The molecule has 102 valence electrons. The summed E-state index contributed by atoms with van der Waals surface area (Å²) in [6, 6.07) is 0. The van der Waals surface area contributed by atoms with E-state index in [0.29, 0.717) is 5.92 Å². The van der Waals surface area contributed by atoms with Gasteiger partial charge < -0.3 is 9.88 Å². The number of aryl methyl sites for hydroxylation is 1. The van der Waals surface area contributed by atoms with Gasteiger partial charge in [0.25, 0.3) is 0 Å². The molecule has 0 saturated carbocycles. The van der Waals surface area contributed by atoms with Crippen LogP contribution >= 0.6 is 0 Å². The molecule has 1 N–H and O–H groups in total. The third-order valence-corrected chi connectivity index (χ3v) is 3.98. The molecule has 3 nitrogen and oxygen atoms in total. The smallest absolute Gasteiger partial charge is 0.0948 e. The summed E-state index contributed by atoms with van der Waals surface area (Å²) in [4.78, 5) is 4.33. The van der Waals surface area contributed by atoms with Gasteiger partial charge in [0, 0.05) is 30.9 Å². The third kappa shape index (κ3) is 3.84. The molecule has 1 aromatic rings. The highest BCUT2D eigenvalue weighted by molar-refractivity contribution is 5.09. The monoisotopic (exact) mass is 249 g/mol. The number of rotatable bonds is 8. The molecule has 0 spiro atoms. The van der Waals surface area contributed by atoms with Gasteiger partial charge in [0.2, 0.25) is 0 Å². The predicted molar refractivity (Wildman–Crippen MR) is 75.8 cm³/mol. The molecule has 1 aliphatic heterocycles. The summed E-state index contributed by atoms with van der Waals surface area (Å²) >= 11 is 0. The van der Waals surface area contributed by atoms with E-state index in [1.54, 1.807) is 0 Å². The topological polar surface area (TPSA) is 29.9 Å². The largest absolute Gasteiger partial charge is 0.334 e. The fourth-order valence-electron chi connectivity index (χ4n) is 2.83. The number of hydrogen-bond donors (Lipinski definition) is 1. The van der Waals surface area contributed by atoms with Gasteiger partial charge in [-0.1, -0.05) is 39.0 Å². The van der Waals surface area contributed by atoms with Crippen molar-refractivity contribution < 1.29 is 0 Å². The maximum Gasteiger partial charge on any atom is 0.0948 e. The molecule has 0 radical (unpaired) electrons. The zero-order valence-corrected chi connectivity index (χ0v) is 11.7. The van der Waals surface area contributed by atoms with Gasteiger partial charge >= 0.3 is 0 Å². The fourth-order valence-corrected chi connectivity index (χ4v) is 2.83. The van der Waals surface area contributed by atoms with E-state index < -0.39 is 0 Å². The Morgan fingerprint density at radius 2 is 2.11 bits per heavy atom. The Morgan fingerprint density at radius 3 is 2.89 bits per heavy atom. The van der Waals surface area contributed by atoms with Gasteiger partial charge in [-0.2, -0.15) is 0 Å². The van der Waals surface area contributed by atoms with Crippen molar-refractivity contribution in [1.82, 2.24) is 14.9 Å². The van der Waals surface area contributed by atoms with Gasteiger partial charge in [-0.25, -0.2) is 4.98 Å². The average molecular weight is 249 g/mol. The first-order valence-corrected chi connectivity index (χ1v) is 7.62. The molecule has 0 aromatic carbocycles. The molecular formula is C15H27N3.